The molecule has 0 unspecified atom stereocenters. The molecule has 1 aromatic rings. The normalized spacial score (nSPS) is 27.8. The SMILES string of the molecule is C1CNCCN1.CC1(C)S[C@@H]2[C@H](NC(=O)[C@H](N)c3ccccc3)C(=O)N2[C@H]1C(=O)O. The Balaban J connectivity index is 0.000000367. The molecule has 0 saturated carbocycles. The molecular weight excluding hydrogens is 406 g/mol. The van der Waals surface area contributed by atoms with E-state index in [4.69, 9.17) is 5.73 Å². The van der Waals surface area contributed by atoms with E-state index in [-0.39, 0.29) is 11.3 Å². The topological polar surface area (TPSA) is 137 Å². The van der Waals surface area contributed by atoms with Gasteiger partial charge in [0.05, 0.1) is 0 Å². The maximum atomic E-state index is 12.3. The maximum absolute atomic E-state index is 12.3. The minimum Gasteiger partial charge on any atom is -0.480 e. The molecule has 3 saturated heterocycles. The van der Waals surface area contributed by atoms with Gasteiger partial charge in [-0.1, -0.05) is 30.3 Å². The van der Waals surface area contributed by atoms with Crippen LogP contribution in [0.25, 0.3) is 0 Å². The van der Waals surface area contributed by atoms with Crippen molar-refractivity contribution in [2.24, 2.45) is 5.73 Å². The Morgan fingerprint density at radius 2 is 1.77 bits per heavy atom. The summed E-state index contributed by atoms with van der Waals surface area (Å²) in [5, 5.41) is 18.1. The van der Waals surface area contributed by atoms with Crippen LogP contribution in [0.1, 0.15) is 25.5 Å². The van der Waals surface area contributed by atoms with E-state index in [1.54, 1.807) is 38.1 Å². The molecule has 3 aliphatic rings. The van der Waals surface area contributed by atoms with Gasteiger partial charge in [0.15, 0.2) is 0 Å². The Hall–Kier alpha value is -2.14. The third kappa shape index (κ3) is 4.61. The second kappa shape index (κ2) is 9.34. The predicted octanol–water partition coefficient (Wildman–Crippen LogP) is -0.503. The number of carboxylic acids is 1. The molecule has 0 aromatic heterocycles. The summed E-state index contributed by atoms with van der Waals surface area (Å²) in [4.78, 5) is 37.5. The molecule has 10 heteroatoms. The van der Waals surface area contributed by atoms with Crippen LogP contribution in [-0.4, -0.2) is 76.2 Å². The highest BCUT2D eigenvalue weighted by Crippen LogP contribution is 2.50. The number of hydrogen-bond donors (Lipinski definition) is 5. The van der Waals surface area contributed by atoms with Crippen LogP contribution in [0.3, 0.4) is 0 Å². The van der Waals surface area contributed by atoms with Crippen molar-refractivity contribution in [3.63, 3.8) is 0 Å². The molecule has 6 N–H and O–H groups in total. The molecule has 164 valence electrons. The minimum absolute atomic E-state index is 0.375. The standard InChI is InChI=1S/C16H19N3O4S.C4H10N2/c1-16(2)11(15(22)23)19-13(21)10(14(19)24-16)18-12(20)9(17)8-6-4-3-5-7-8;1-2-6-4-3-5-1/h3-7,9-11,14H,17H2,1-2H3,(H,18,20)(H,22,23);5-6H,1-4H2/t9-,10-,11+,14-;/m1./s1. The molecule has 30 heavy (non-hydrogen) atoms. The molecule has 1 aromatic carbocycles. The fourth-order valence-electron chi connectivity index (χ4n) is 3.80. The number of fused-ring (bicyclic) bond motifs is 1. The summed E-state index contributed by atoms with van der Waals surface area (Å²) in [6.45, 7) is 8.13. The average Bonchev–Trinajstić information content (AvgIpc) is 3.01. The molecule has 0 spiro atoms. The van der Waals surface area contributed by atoms with Crippen molar-refractivity contribution in [3.8, 4) is 0 Å². The first-order valence-electron chi connectivity index (χ1n) is 9.99. The van der Waals surface area contributed by atoms with Gasteiger partial charge >= 0.3 is 5.97 Å². The summed E-state index contributed by atoms with van der Waals surface area (Å²) >= 11 is 1.38. The second-order valence-electron chi connectivity index (χ2n) is 7.97. The number of amides is 2. The van der Waals surface area contributed by atoms with Crippen molar-refractivity contribution in [2.45, 2.75) is 42.1 Å². The van der Waals surface area contributed by atoms with E-state index in [9.17, 15) is 19.5 Å². The predicted molar refractivity (Wildman–Crippen MR) is 115 cm³/mol. The van der Waals surface area contributed by atoms with Gasteiger partial charge in [0.25, 0.3) is 0 Å². The number of carboxylic acid groups (broad SMARTS) is 1. The molecule has 0 bridgehead atoms. The van der Waals surface area contributed by atoms with Crippen molar-refractivity contribution in [1.29, 1.82) is 0 Å². The second-order valence-corrected chi connectivity index (χ2v) is 9.74. The van der Waals surface area contributed by atoms with Crippen molar-refractivity contribution >= 4 is 29.5 Å². The lowest BCUT2D eigenvalue weighted by Crippen LogP contribution is -2.71. The number of nitrogens with zero attached hydrogens (tertiary/aromatic N) is 1. The number of aliphatic carboxylic acids is 1. The number of nitrogens with two attached hydrogens (primary N) is 1. The number of carbonyl (C=O) groups excluding carboxylic acids is 2. The fraction of sp³-hybridized carbons (Fsp3) is 0.550. The zero-order valence-corrected chi connectivity index (χ0v) is 17.9. The number of β-lactam (4-membered cyclic amide) rings is 1. The molecule has 4 atom stereocenters. The summed E-state index contributed by atoms with van der Waals surface area (Å²) in [7, 11) is 0. The van der Waals surface area contributed by atoms with Gasteiger partial charge in [0.1, 0.15) is 23.5 Å². The third-order valence-corrected chi connectivity index (χ3v) is 6.94. The van der Waals surface area contributed by atoms with Crippen LogP contribution in [0.5, 0.6) is 0 Å². The summed E-state index contributed by atoms with van der Waals surface area (Å²) in [5.74, 6) is -1.86. The Bertz CT molecular complexity index is 775. The van der Waals surface area contributed by atoms with Crippen LogP contribution in [0.15, 0.2) is 30.3 Å². The number of carbonyl (C=O) groups is 3. The van der Waals surface area contributed by atoms with E-state index in [2.05, 4.69) is 16.0 Å². The van der Waals surface area contributed by atoms with E-state index in [1.165, 1.54) is 16.7 Å². The molecule has 4 rings (SSSR count). The van der Waals surface area contributed by atoms with Gasteiger partial charge in [0.2, 0.25) is 11.8 Å². The number of benzene rings is 1. The lowest BCUT2D eigenvalue weighted by Gasteiger charge is -2.43. The van der Waals surface area contributed by atoms with Crippen molar-refractivity contribution < 1.29 is 19.5 Å². The molecule has 3 aliphatic heterocycles. The van der Waals surface area contributed by atoms with E-state index in [1.807, 2.05) is 6.07 Å². The Morgan fingerprint density at radius 1 is 1.20 bits per heavy atom. The van der Waals surface area contributed by atoms with Gasteiger partial charge in [-0.2, -0.15) is 0 Å². The highest BCUT2D eigenvalue weighted by molar-refractivity contribution is 8.01. The van der Waals surface area contributed by atoms with Crippen LogP contribution >= 0.6 is 11.8 Å². The molecule has 9 nitrogen and oxygen atoms in total. The van der Waals surface area contributed by atoms with Gasteiger partial charge in [-0.25, -0.2) is 4.79 Å². The Morgan fingerprint density at radius 3 is 2.27 bits per heavy atom. The molecule has 2 amide bonds. The van der Waals surface area contributed by atoms with Crippen LogP contribution < -0.4 is 21.7 Å². The highest BCUT2D eigenvalue weighted by Gasteiger charge is 2.64. The number of piperazine rings is 1. The van der Waals surface area contributed by atoms with Crippen LogP contribution in [-0.2, 0) is 14.4 Å². The number of nitrogens with one attached hydrogen (secondary N) is 3. The quantitative estimate of drug-likeness (QED) is 0.399. The monoisotopic (exact) mass is 435 g/mol. The van der Waals surface area contributed by atoms with Crippen LogP contribution in [0.2, 0.25) is 0 Å². The molecule has 3 heterocycles. The van der Waals surface area contributed by atoms with E-state index < -0.39 is 34.7 Å². The molecule has 0 radical (unpaired) electrons. The fourth-order valence-corrected chi connectivity index (χ4v) is 5.43. The lowest BCUT2D eigenvalue weighted by molar-refractivity contribution is -0.161. The Kier molecular flexibility index (Phi) is 7.02. The zero-order chi connectivity index (χ0) is 21.9. The van der Waals surface area contributed by atoms with Crippen molar-refractivity contribution in [3.05, 3.63) is 35.9 Å². The van der Waals surface area contributed by atoms with Gasteiger partial charge in [0, 0.05) is 30.9 Å². The summed E-state index contributed by atoms with van der Waals surface area (Å²) in [5.41, 5.74) is 6.59. The van der Waals surface area contributed by atoms with Gasteiger partial charge in [-0.15, -0.1) is 11.8 Å². The zero-order valence-electron chi connectivity index (χ0n) is 17.1. The van der Waals surface area contributed by atoms with E-state index in [0.717, 1.165) is 26.2 Å². The van der Waals surface area contributed by atoms with Gasteiger partial charge in [-0.3, -0.25) is 9.59 Å². The number of rotatable bonds is 4. The first-order valence-corrected chi connectivity index (χ1v) is 10.9. The molecule has 3 fully saturated rings. The average molecular weight is 436 g/mol. The van der Waals surface area contributed by atoms with Crippen LogP contribution in [0.4, 0.5) is 0 Å². The van der Waals surface area contributed by atoms with E-state index >= 15 is 0 Å². The first kappa shape index (κ1) is 22.5. The Labute approximate surface area is 180 Å². The summed E-state index contributed by atoms with van der Waals surface area (Å²) < 4.78 is -0.618. The van der Waals surface area contributed by atoms with Crippen molar-refractivity contribution in [1.82, 2.24) is 20.9 Å². The third-order valence-electron chi connectivity index (χ3n) is 5.37. The lowest BCUT2D eigenvalue weighted by atomic mass is 9.95. The highest BCUT2D eigenvalue weighted by atomic mass is 32.2. The van der Waals surface area contributed by atoms with E-state index in [0.29, 0.717) is 5.56 Å². The first-order chi connectivity index (χ1) is 14.2. The largest absolute Gasteiger partial charge is 0.480 e. The minimum atomic E-state index is -1.03. The summed E-state index contributed by atoms with van der Waals surface area (Å²) in [6.07, 6.45) is 0. The molecular formula is C20H29N5O4S. The number of hydrogen-bond acceptors (Lipinski definition) is 7. The van der Waals surface area contributed by atoms with Crippen molar-refractivity contribution in [2.75, 3.05) is 26.2 Å². The molecule has 0 aliphatic carbocycles. The number of thioether (sulfide) groups is 1. The summed E-state index contributed by atoms with van der Waals surface area (Å²) in [6, 6.07) is 6.38. The van der Waals surface area contributed by atoms with Crippen LogP contribution in [0, 0.1) is 0 Å². The van der Waals surface area contributed by atoms with Gasteiger partial charge in [-0.05, 0) is 19.4 Å². The van der Waals surface area contributed by atoms with Gasteiger partial charge < -0.3 is 31.7 Å². The smallest absolute Gasteiger partial charge is 0.327 e. The maximum Gasteiger partial charge on any atom is 0.327 e.